The number of rotatable bonds is 5. The number of nitrogens with zero attached hydrogens (tertiary/aromatic N) is 4. The Morgan fingerprint density at radius 1 is 1.38 bits per heavy atom. The summed E-state index contributed by atoms with van der Waals surface area (Å²) < 4.78 is 8.16. The molecule has 0 spiro atoms. The molecule has 0 saturated heterocycles. The average molecular weight is 407 g/mol. The molecule has 1 unspecified atom stereocenters. The van der Waals surface area contributed by atoms with Gasteiger partial charge in [-0.3, -0.25) is 0 Å². The first-order chi connectivity index (χ1) is 12.5. The predicted octanol–water partition coefficient (Wildman–Crippen LogP) is 4.83. The van der Waals surface area contributed by atoms with E-state index in [1.807, 2.05) is 13.2 Å². The molecule has 138 valence electrons. The standard InChI is InChI=1S/C18H22N4OS3/c1-9(2)8-25-18-21-20-15-14-11-6-12(10(3)4)23-7-13(11)26-16(14)19-17(24-5)22(15)18/h10,12H,1,6-8H2,2-5H3. The Hall–Kier alpha value is -1.09. The van der Waals surface area contributed by atoms with E-state index in [1.165, 1.54) is 10.4 Å². The van der Waals surface area contributed by atoms with Gasteiger partial charge in [-0.2, -0.15) is 0 Å². The summed E-state index contributed by atoms with van der Waals surface area (Å²) in [6.45, 7) is 11.1. The lowest BCUT2D eigenvalue weighted by Gasteiger charge is -2.26. The zero-order valence-corrected chi connectivity index (χ0v) is 17.9. The van der Waals surface area contributed by atoms with Gasteiger partial charge < -0.3 is 4.74 Å². The van der Waals surface area contributed by atoms with Gasteiger partial charge >= 0.3 is 0 Å². The summed E-state index contributed by atoms with van der Waals surface area (Å²) in [5.41, 5.74) is 3.39. The maximum Gasteiger partial charge on any atom is 0.198 e. The largest absolute Gasteiger partial charge is 0.372 e. The third kappa shape index (κ3) is 3.06. The van der Waals surface area contributed by atoms with E-state index in [2.05, 4.69) is 35.0 Å². The summed E-state index contributed by atoms with van der Waals surface area (Å²) in [5.74, 6) is 1.32. The molecule has 0 saturated carbocycles. The molecule has 0 amide bonds. The maximum absolute atomic E-state index is 6.05. The van der Waals surface area contributed by atoms with E-state index in [9.17, 15) is 0 Å². The van der Waals surface area contributed by atoms with E-state index in [1.54, 1.807) is 34.9 Å². The Bertz CT molecular complexity index is 992. The van der Waals surface area contributed by atoms with Crippen molar-refractivity contribution in [3.05, 3.63) is 22.6 Å². The van der Waals surface area contributed by atoms with Crippen molar-refractivity contribution < 1.29 is 4.74 Å². The van der Waals surface area contributed by atoms with Crippen LogP contribution in [0.1, 0.15) is 31.2 Å². The van der Waals surface area contributed by atoms with Gasteiger partial charge in [0.1, 0.15) is 4.83 Å². The molecule has 0 aromatic carbocycles. The van der Waals surface area contributed by atoms with Gasteiger partial charge in [0.05, 0.1) is 18.1 Å². The highest BCUT2D eigenvalue weighted by atomic mass is 32.2. The van der Waals surface area contributed by atoms with Gasteiger partial charge in [0, 0.05) is 17.1 Å². The van der Waals surface area contributed by atoms with Gasteiger partial charge in [-0.25, -0.2) is 9.38 Å². The molecule has 4 heterocycles. The molecule has 0 aliphatic carbocycles. The van der Waals surface area contributed by atoms with Crippen molar-refractivity contribution in [1.29, 1.82) is 0 Å². The SMILES string of the molecule is C=C(C)CSc1nnc2c3c4c(sc3nc(SC)n12)COC(C(C)C)C4. The first kappa shape index (κ1) is 18.3. The second kappa shape index (κ2) is 7.14. The molecule has 4 rings (SSSR count). The van der Waals surface area contributed by atoms with E-state index >= 15 is 0 Å². The molecule has 1 atom stereocenters. The summed E-state index contributed by atoms with van der Waals surface area (Å²) in [4.78, 5) is 7.26. The Morgan fingerprint density at radius 2 is 2.19 bits per heavy atom. The molecule has 1 aliphatic rings. The van der Waals surface area contributed by atoms with Crippen molar-refractivity contribution >= 4 is 50.7 Å². The Balaban J connectivity index is 1.91. The first-order valence-electron chi connectivity index (χ1n) is 8.61. The number of hydrogen-bond acceptors (Lipinski definition) is 7. The summed E-state index contributed by atoms with van der Waals surface area (Å²) >= 11 is 5.03. The molecular weight excluding hydrogens is 384 g/mol. The molecule has 0 radical (unpaired) electrons. The van der Waals surface area contributed by atoms with Crippen LogP contribution in [0.2, 0.25) is 0 Å². The van der Waals surface area contributed by atoms with Crippen LogP contribution in [0.15, 0.2) is 22.5 Å². The highest BCUT2D eigenvalue weighted by Gasteiger charge is 2.28. The summed E-state index contributed by atoms with van der Waals surface area (Å²) in [5, 5.41) is 12.0. The number of hydrogen-bond donors (Lipinski definition) is 0. The molecule has 5 nitrogen and oxygen atoms in total. The zero-order chi connectivity index (χ0) is 18.4. The van der Waals surface area contributed by atoms with Crippen LogP contribution < -0.4 is 0 Å². The minimum Gasteiger partial charge on any atom is -0.372 e. The van der Waals surface area contributed by atoms with Gasteiger partial charge in [0.2, 0.25) is 0 Å². The van der Waals surface area contributed by atoms with E-state index in [4.69, 9.17) is 9.72 Å². The summed E-state index contributed by atoms with van der Waals surface area (Å²) in [6, 6.07) is 0. The molecule has 3 aromatic rings. The van der Waals surface area contributed by atoms with Crippen LogP contribution in [0.3, 0.4) is 0 Å². The van der Waals surface area contributed by atoms with Crippen molar-refractivity contribution in [3.63, 3.8) is 0 Å². The van der Waals surface area contributed by atoms with E-state index in [0.717, 1.165) is 43.9 Å². The number of aromatic nitrogens is 4. The molecular formula is C18H22N4OS3. The second-order valence-corrected chi connectivity index (χ2v) is 9.77. The van der Waals surface area contributed by atoms with Crippen LogP contribution in [0.25, 0.3) is 15.9 Å². The summed E-state index contributed by atoms with van der Waals surface area (Å²) in [7, 11) is 0. The second-order valence-electron chi connectivity index (χ2n) is 6.97. The van der Waals surface area contributed by atoms with E-state index in [-0.39, 0.29) is 6.10 Å². The Kier molecular flexibility index (Phi) is 5.02. The molecule has 8 heteroatoms. The van der Waals surface area contributed by atoms with Crippen LogP contribution in [-0.2, 0) is 17.8 Å². The van der Waals surface area contributed by atoms with Crippen LogP contribution in [0, 0.1) is 5.92 Å². The lowest BCUT2D eigenvalue weighted by molar-refractivity contribution is 0.00203. The average Bonchev–Trinajstić information content (AvgIpc) is 3.19. The highest BCUT2D eigenvalue weighted by molar-refractivity contribution is 7.99. The van der Waals surface area contributed by atoms with E-state index < -0.39 is 0 Å². The topological polar surface area (TPSA) is 52.3 Å². The monoisotopic (exact) mass is 406 g/mol. The molecule has 1 aliphatic heterocycles. The maximum atomic E-state index is 6.05. The van der Waals surface area contributed by atoms with Crippen molar-refractivity contribution in [2.24, 2.45) is 5.92 Å². The molecule has 3 aromatic heterocycles. The van der Waals surface area contributed by atoms with Gasteiger partial charge in [-0.15, -0.1) is 21.5 Å². The number of thiophene rings is 1. The fraction of sp³-hybridized carbons (Fsp3) is 0.500. The fourth-order valence-electron chi connectivity index (χ4n) is 3.17. The Morgan fingerprint density at radius 3 is 2.88 bits per heavy atom. The normalized spacial score (nSPS) is 17.3. The quantitative estimate of drug-likeness (QED) is 0.344. The van der Waals surface area contributed by atoms with Crippen LogP contribution in [-0.4, -0.2) is 37.7 Å². The number of thioether (sulfide) groups is 2. The van der Waals surface area contributed by atoms with Crippen LogP contribution in [0.4, 0.5) is 0 Å². The van der Waals surface area contributed by atoms with Crippen molar-refractivity contribution in [2.75, 3.05) is 12.0 Å². The van der Waals surface area contributed by atoms with Crippen LogP contribution in [0.5, 0.6) is 0 Å². The van der Waals surface area contributed by atoms with Crippen LogP contribution >= 0.6 is 34.9 Å². The van der Waals surface area contributed by atoms with Gasteiger partial charge in [-0.05, 0) is 24.7 Å². The van der Waals surface area contributed by atoms with Crippen molar-refractivity contribution in [2.45, 2.75) is 50.2 Å². The Labute approximate surface area is 165 Å². The fourth-order valence-corrected chi connectivity index (χ4v) is 5.72. The molecule has 0 fully saturated rings. The van der Waals surface area contributed by atoms with Gasteiger partial charge in [0.25, 0.3) is 0 Å². The minimum absolute atomic E-state index is 0.251. The smallest absolute Gasteiger partial charge is 0.198 e. The zero-order valence-electron chi connectivity index (χ0n) is 15.4. The molecule has 26 heavy (non-hydrogen) atoms. The lowest BCUT2D eigenvalue weighted by Crippen LogP contribution is -2.26. The third-order valence-corrected chi connectivity index (χ3v) is 7.42. The van der Waals surface area contributed by atoms with Gasteiger partial charge in [-0.1, -0.05) is 49.5 Å². The summed E-state index contributed by atoms with van der Waals surface area (Å²) in [6.07, 6.45) is 3.22. The number of fused-ring (bicyclic) bond motifs is 5. The highest BCUT2D eigenvalue weighted by Crippen LogP contribution is 2.40. The van der Waals surface area contributed by atoms with E-state index in [0.29, 0.717) is 12.5 Å². The predicted molar refractivity (Wildman–Crippen MR) is 111 cm³/mol. The first-order valence-corrected chi connectivity index (χ1v) is 11.6. The minimum atomic E-state index is 0.251. The molecule has 0 bridgehead atoms. The third-order valence-electron chi connectivity index (χ3n) is 4.53. The van der Waals surface area contributed by atoms with Crippen molar-refractivity contribution in [1.82, 2.24) is 19.6 Å². The lowest BCUT2D eigenvalue weighted by atomic mass is 9.96. The number of ether oxygens (including phenoxy) is 1. The van der Waals surface area contributed by atoms with Crippen molar-refractivity contribution in [3.8, 4) is 0 Å². The molecule has 0 N–H and O–H groups in total. The van der Waals surface area contributed by atoms with Gasteiger partial charge in [0.15, 0.2) is 16.0 Å².